The van der Waals surface area contributed by atoms with Crippen LogP contribution in [0.3, 0.4) is 0 Å². The molecule has 0 aliphatic rings. The maximum Gasteiger partial charge on any atom is 0.192 e. The number of carbonyl (C=O) groups excluding carboxylic acids is 1. The molecule has 0 fully saturated rings. The molecule has 4 heteroatoms. The summed E-state index contributed by atoms with van der Waals surface area (Å²) in [5.74, 6) is -0.269. The molecular weight excluding hydrogens is 292 g/mol. The van der Waals surface area contributed by atoms with Gasteiger partial charge in [0.25, 0.3) is 0 Å². The zero-order valence-electron chi connectivity index (χ0n) is 14.3. The number of aliphatic hydroxyl groups excluding tert-OH is 1. The van der Waals surface area contributed by atoms with Gasteiger partial charge >= 0.3 is 0 Å². The van der Waals surface area contributed by atoms with Crippen LogP contribution in [0.25, 0.3) is 0 Å². The number of aliphatic hydroxyl groups is 1. The van der Waals surface area contributed by atoms with E-state index in [-0.39, 0.29) is 17.2 Å². The normalized spacial score (nSPS) is 13.7. The molecule has 1 aromatic carbocycles. The minimum Gasteiger partial charge on any atom is -0.413 e. The molecule has 0 aromatic heterocycles. The van der Waals surface area contributed by atoms with Crippen molar-refractivity contribution in [2.75, 3.05) is 6.61 Å². The van der Waals surface area contributed by atoms with Gasteiger partial charge < -0.3 is 9.53 Å². The molecule has 0 aliphatic carbocycles. The first-order valence-corrected chi connectivity index (χ1v) is 10.5. The highest BCUT2D eigenvalue weighted by Gasteiger charge is 2.37. The molecule has 0 saturated carbocycles. The largest absolute Gasteiger partial charge is 0.413 e. The van der Waals surface area contributed by atoms with Crippen LogP contribution in [0, 0.1) is 0 Å². The number of ketones is 1. The molecule has 0 saturated heterocycles. The van der Waals surface area contributed by atoms with E-state index in [0.29, 0.717) is 12.2 Å². The number of carbonyl (C=O) groups is 1. The van der Waals surface area contributed by atoms with E-state index in [2.05, 4.69) is 40.4 Å². The second kappa shape index (κ2) is 7.35. The van der Waals surface area contributed by atoms with Crippen LogP contribution in [0.4, 0.5) is 0 Å². The summed E-state index contributed by atoms with van der Waals surface area (Å²) in [6, 6.07) is 8.83. The fourth-order valence-electron chi connectivity index (χ4n) is 1.72. The van der Waals surface area contributed by atoms with Crippen LogP contribution in [0.1, 0.15) is 37.6 Å². The molecule has 0 bridgehead atoms. The third kappa shape index (κ3) is 5.20. The molecule has 22 heavy (non-hydrogen) atoms. The standard InChI is InChI=1S/C18H28O3Si/c1-14(13-21-22(5,6)18(2,3)4)12-16(19)17(20)15-10-8-7-9-11-15/h7-11,16,19H,1,12-13H2,2-6H3/t16-/m0/s1. The highest BCUT2D eigenvalue weighted by atomic mass is 28.4. The van der Waals surface area contributed by atoms with Gasteiger partial charge in [-0.15, -0.1) is 0 Å². The maximum absolute atomic E-state index is 12.1. The molecule has 0 spiro atoms. The minimum absolute atomic E-state index is 0.131. The topological polar surface area (TPSA) is 46.5 Å². The van der Waals surface area contributed by atoms with Gasteiger partial charge in [-0.1, -0.05) is 63.3 Å². The molecule has 1 N–H and O–H groups in total. The van der Waals surface area contributed by atoms with Gasteiger partial charge in [-0.3, -0.25) is 4.79 Å². The monoisotopic (exact) mass is 320 g/mol. The first-order valence-electron chi connectivity index (χ1n) is 7.62. The fourth-order valence-corrected chi connectivity index (χ4v) is 2.72. The lowest BCUT2D eigenvalue weighted by Crippen LogP contribution is -2.41. The Morgan fingerprint density at radius 2 is 1.82 bits per heavy atom. The van der Waals surface area contributed by atoms with Crippen molar-refractivity contribution >= 4 is 14.1 Å². The number of hydrogen-bond acceptors (Lipinski definition) is 3. The molecule has 0 aliphatic heterocycles. The Balaban J connectivity index is 2.54. The van der Waals surface area contributed by atoms with Crippen molar-refractivity contribution < 1.29 is 14.3 Å². The predicted octanol–water partition coefficient (Wildman–Crippen LogP) is 4.20. The summed E-state index contributed by atoms with van der Waals surface area (Å²) in [7, 11) is -1.84. The van der Waals surface area contributed by atoms with Gasteiger partial charge in [-0.25, -0.2) is 0 Å². The average molecular weight is 321 g/mol. The summed E-state index contributed by atoms with van der Waals surface area (Å²) in [6.07, 6.45) is -0.819. The van der Waals surface area contributed by atoms with Crippen molar-refractivity contribution in [1.29, 1.82) is 0 Å². The lowest BCUT2D eigenvalue weighted by molar-refractivity contribution is 0.0743. The third-order valence-electron chi connectivity index (χ3n) is 4.29. The van der Waals surface area contributed by atoms with Crippen molar-refractivity contribution in [3.05, 3.63) is 48.0 Å². The lowest BCUT2D eigenvalue weighted by atomic mass is 10.0. The third-order valence-corrected chi connectivity index (χ3v) is 8.76. The van der Waals surface area contributed by atoms with Crippen molar-refractivity contribution in [3.63, 3.8) is 0 Å². The molecule has 1 atom stereocenters. The minimum atomic E-state index is -1.84. The molecule has 0 unspecified atom stereocenters. The second-order valence-electron chi connectivity index (χ2n) is 7.25. The Morgan fingerprint density at radius 1 is 1.27 bits per heavy atom. The van der Waals surface area contributed by atoms with E-state index in [0.717, 1.165) is 5.57 Å². The molecule has 3 nitrogen and oxygen atoms in total. The molecule has 0 radical (unpaired) electrons. The molecule has 122 valence electrons. The second-order valence-corrected chi connectivity index (χ2v) is 12.1. The van der Waals surface area contributed by atoms with Crippen molar-refractivity contribution in [2.45, 2.75) is 51.4 Å². The van der Waals surface area contributed by atoms with Crippen LogP contribution < -0.4 is 0 Å². The maximum atomic E-state index is 12.1. The molecule has 1 aromatic rings. The summed E-state index contributed by atoms with van der Waals surface area (Å²) in [6.45, 7) is 15.2. The van der Waals surface area contributed by atoms with E-state index in [1.54, 1.807) is 24.3 Å². The Hall–Kier alpha value is -1.23. The van der Waals surface area contributed by atoms with E-state index in [9.17, 15) is 9.90 Å². The Kier molecular flexibility index (Phi) is 6.29. The van der Waals surface area contributed by atoms with Gasteiger partial charge in [0, 0.05) is 12.0 Å². The van der Waals surface area contributed by atoms with Crippen LogP contribution in [-0.2, 0) is 4.43 Å². The smallest absolute Gasteiger partial charge is 0.192 e. The van der Waals surface area contributed by atoms with Crippen molar-refractivity contribution in [2.24, 2.45) is 0 Å². The first kappa shape index (κ1) is 18.8. The summed E-state index contributed by atoms with van der Waals surface area (Å²) in [5.41, 5.74) is 1.27. The van der Waals surface area contributed by atoms with Crippen LogP contribution in [0.15, 0.2) is 42.5 Å². The number of hydrogen-bond donors (Lipinski definition) is 1. The van der Waals surface area contributed by atoms with E-state index in [1.165, 1.54) is 0 Å². The van der Waals surface area contributed by atoms with Gasteiger partial charge in [0.2, 0.25) is 0 Å². The quantitative estimate of drug-likeness (QED) is 0.465. The molecule has 1 rings (SSSR count). The molecule has 0 heterocycles. The van der Waals surface area contributed by atoms with Gasteiger partial charge in [0.1, 0.15) is 6.10 Å². The predicted molar refractivity (Wildman–Crippen MR) is 93.7 cm³/mol. The average Bonchev–Trinajstić information content (AvgIpc) is 2.44. The SMILES string of the molecule is C=C(CO[Si](C)(C)C(C)(C)C)C[C@H](O)C(=O)c1ccccc1. The molecule has 0 amide bonds. The highest BCUT2D eigenvalue weighted by molar-refractivity contribution is 6.74. The summed E-state index contributed by atoms with van der Waals surface area (Å²) in [5, 5.41) is 10.2. The Morgan fingerprint density at radius 3 is 2.32 bits per heavy atom. The van der Waals surface area contributed by atoms with Gasteiger partial charge in [0.15, 0.2) is 14.1 Å². The summed E-state index contributed by atoms with van der Waals surface area (Å²) >= 11 is 0. The summed E-state index contributed by atoms with van der Waals surface area (Å²) < 4.78 is 6.06. The fraction of sp³-hybridized carbons (Fsp3) is 0.500. The van der Waals surface area contributed by atoms with Crippen molar-refractivity contribution in [1.82, 2.24) is 0 Å². The van der Waals surface area contributed by atoms with Gasteiger partial charge in [0.05, 0.1) is 6.61 Å². The number of benzene rings is 1. The van der Waals surface area contributed by atoms with Crippen molar-refractivity contribution in [3.8, 4) is 0 Å². The zero-order valence-corrected chi connectivity index (χ0v) is 15.3. The lowest BCUT2D eigenvalue weighted by Gasteiger charge is -2.36. The highest BCUT2D eigenvalue weighted by Crippen LogP contribution is 2.36. The van der Waals surface area contributed by atoms with Crippen LogP contribution in [0.5, 0.6) is 0 Å². The molecular formula is C18H28O3Si. The Labute approximate surface area is 135 Å². The first-order chi connectivity index (χ1) is 10.0. The van der Waals surface area contributed by atoms with Crippen LogP contribution in [0.2, 0.25) is 18.1 Å². The van der Waals surface area contributed by atoms with E-state index in [4.69, 9.17) is 4.43 Å². The number of rotatable bonds is 7. The Bertz CT molecular complexity index is 515. The van der Waals surface area contributed by atoms with Gasteiger partial charge in [-0.2, -0.15) is 0 Å². The van der Waals surface area contributed by atoms with E-state index >= 15 is 0 Å². The van der Waals surface area contributed by atoms with E-state index in [1.807, 2.05) is 6.07 Å². The number of Topliss-reactive ketones (excluding diaryl/α,β-unsaturated/α-hetero) is 1. The summed E-state index contributed by atoms with van der Waals surface area (Å²) in [4.78, 5) is 12.1. The zero-order chi connectivity index (χ0) is 17.0. The van der Waals surface area contributed by atoms with Crippen LogP contribution in [-0.4, -0.2) is 31.9 Å². The van der Waals surface area contributed by atoms with E-state index < -0.39 is 14.4 Å². The van der Waals surface area contributed by atoms with Crippen LogP contribution >= 0.6 is 0 Å². The van der Waals surface area contributed by atoms with Gasteiger partial charge in [-0.05, 0) is 18.1 Å².